The van der Waals surface area contributed by atoms with Crippen molar-refractivity contribution in [2.75, 3.05) is 25.6 Å². The van der Waals surface area contributed by atoms with Crippen LogP contribution in [0.5, 0.6) is 0 Å². The van der Waals surface area contributed by atoms with Gasteiger partial charge in [-0.05, 0) is 34.4 Å². The zero-order valence-corrected chi connectivity index (χ0v) is 19.2. The van der Waals surface area contributed by atoms with E-state index in [-0.39, 0.29) is 36.8 Å². The average molecular weight is 475 g/mol. The van der Waals surface area contributed by atoms with Crippen LogP contribution in [0.15, 0.2) is 72.8 Å². The number of carboxylic acid groups (broad SMARTS) is 1. The fourth-order valence-electron chi connectivity index (χ4n) is 4.26. The highest BCUT2D eigenvalue weighted by atomic mass is 16.5. The van der Waals surface area contributed by atoms with E-state index in [0.29, 0.717) is 0 Å². The minimum Gasteiger partial charge on any atom is -0.480 e. The molecule has 0 saturated heterocycles. The largest absolute Gasteiger partial charge is 0.480 e. The van der Waals surface area contributed by atoms with Crippen LogP contribution < -0.4 is 10.6 Å². The number of aliphatic carboxylic acids is 1. The number of fused-ring (bicyclic) bond motifs is 3. The topological polar surface area (TPSA) is 114 Å². The summed E-state index contributed by atoms with van der Waals surface area (Å²) in [5.41, 5.74) is 4.79. The molecular weight excluding hydrogens is 448 g/mol. The molecule has 4 rings (SSSR count). The lowest BCUT2D eigenvalue weighted by atomic mass is 9.98. The van der Waals surface area contributed by atoms with E-state index >= 15 is 0 Å². The number of hydrogen-bond donors (Lipinski definition) is 3. The van der Waals surface area contributed by atoms with Gasteiger partial charge in [0, 0.05) is 26.1 Å². The summed E-state index contributed by atoms with van der Waals surface area (Å²) >= 11 is 0. The molecule has 180 valence electrons. The normalized spacial score (nSPS) is 12.8. The Morgan fingerprint density at radius 3 is 2.14 bits per heavy atom. The van der Waals surface area contributed by atoms with Crippen molar-refractivity contribution in [1.29, 1.82) is 0 Å². The summed E-state index contributed by atoms with van der Waals surface area (Å²) in [5, 5.41) is 14.4. The number of para-hydroxylation sites is 1. The lowest BCUT2D eigenvalue weighted by Gasteiger charge is -2.17. The summed E-state index contributed by atoms with van der Waals surface area (Å²) in [5.74, 6) is -1.88. The molecule has 0 radical (unpaired) electrons. The Hall–Kier alpha value is -4.17. The lowest BCUT2D eigenvalue weighted by molar-refractivity contribution is -0.139. The molecule has 1 aliphatic carbocycles. The highest BCUT2D eigenvalue weighted by molar-refractivity contribution is 6.03. The second-order valence-corrected chi connectivity index (χ2v) is 8.14. The Morgan fingerprint density at radius 2 is 1.51 bits per heavy atom. The molecule has 0 fully saturated rings. The Labute approximate surface area is 202 Å². The van der Waals surface area contributed by atoms with E-state index in [9.17, 15) is 19.5 Å². The van der Waals surface area contributed by atoms with Gasteiger partial charge in [-0.15, -0.1) is 0 Å². The van der Waals surface area contributed by atoms with E-state index in [1.165, 1.54) is 13.2 Å². The first kappa shape index (κ1) is 24.0. The van der Waals surface area contributed by atoms with Crippen LogP contribution in [0.25, 0.3) is 11.1 Å². The van der Waals surface area contributed by atoms with Crippen molar-refractivity contribution >= 4 is 23.7 Å². The quantitative estimate of drug-likeness (QED) is 0.427. The number of ether oxygens (including phenoxy) is 2. The predicted octanol–water partition coefficient (Wildman–Crippen LogP) is 4.27. The molecular formula is C27H26N2O6. The number of amides is 2. The number of benzene rings is 3. The second-order valence-electron chi connectivity index (χ2n) is 8.14. The molecule has 0 aromatic heterocycles. The molecule has 2 amide bonds. The fraction of sp³-hybridized carbons (Fsp3) is 0.222. The number of carbonyl (C=O) groups is 3. The Morgan fingerprint density at radius 1 is 0.914 bits per heavy atom. The maximum Gasteiger partial charge on any atom is 0.411 e. The molecule has 1 aliphatic rings. The number of carbonyl (C=O) groups excluding carboxylic acids is 2. The average Bonchev–Trinajstić information content (AvgIpc) is 3.19. The summed E-state index contributed by atoms with van der Waals surface area (Å²) in [6.45, 7) is 0.309. The number of methoxy groups -OCH3 is 1. The number of hydrogen-bond acceptors (Lipinski definition) is 5. The molecule has 0 aliphatic heterocycles. The van der Waals surface area contributed by atoms with Crippen LogP contribution >= 0.6 is 0 Å². The fourth-order valence-corrected chi connectivity index (χ4v) is 4.26. The van der Waals surface area contributed by atoms with E-state index in [2.05, 4.69) is 22.8 Å². The molecule has 8 heteroatoms. The van der Waals surface area contributed by atoms with Crippen molar-refractivity contribution in [2.24, 2.45) is 0 Å². The third-order valence-corrected chi connectivity index (χ3v) is 5.97. The minimum absolute atomic E-state index is 0.0937. The smallest absolute Gasteiger partial charge is 0.411 e. The van der Waals surface area contributed by atoms with Gasteiger partial charge in [0.25, 0.3) is 5.91 Å². The third kappa shape index (κ3) is 5.33. The number of rotatable bonds is 9. The maximum absolute atomic E-state index is 12.8. The predicted molar refractivity (Wildman–Crippen MR) is 131 cm³/mol. The molecule has 1 atom stereocenters. The van der Waals surface area contributed by atoms with Gasteiger partial charge in [0.2, 0.25) is 0 Å². The number of nitrogens with one attached hydrogen (secondary N) is 2. The van der Waals surface area contributed by atoms with E-state index in [4.69, 9.17) is 9.47 Å². The summed E-state index contributed by atoms with van der Waals surface area (Å²) in [7, 11) is 1.45. The first-order chi connectivity index (χ1) is 17.0. The third-order valence-electron chi connectivity index (χ3n) is 5.97. The van der Waals surface area contributed by atoms with E-state index in [1.54, 1.807) is 18.2 Å². The van der Waals surface area contributed by atoms with Crippen LogP contribution in [0, 0.1) is 0 Å². The van der Waals surface area contributed by atoms with Crippen LogP contribution in [0.1, 0.15) is 33.8 Å². The molecule has 1 unspecified atom stereocenters. The molecule has 8 nitrogen and oxygen atoms in total. The minimum atomic E-state index is -1.17. The first-order valence-corrected chi connectivity index (χ1v) is 11.2. The zero-order valence-electron chi connectivity index (χ0n) is 19.2. The van der Waals surface area contributed by atoms with Crippen LogP contribution in [0.4, 0.5) is 10.5 Å². The second kappa shape index (κ2) is 10.8. The molecule has 0 spiro atoms. The number of anilines is 1. The van der Waals surface area contributed by atoms with E-state index in [0.717, 1.165) is 22.3 Å². The summed E-state index contributed by atoms with van der Waals surface area (Å²) in [6.07, 6.45) is -0.596. The SMILES string of the molecule is COCCC(NC(=O)c1ccccc1NC(=O)OCC1c2ccccc2-c2ccccc21)C(=O)O. The zero-order chi connectivity index (χ0) is 24.8. The molecule has 3 aromatic rings. The van der Waals surface area contributed by atoms with Crippen molar-refractivity contribution < 1.29 is 29.0 Å². The Kier molecular flexibility index (Phi) is 7.42. The molecule has 0 saturated carbocycles. The van der Waals surface area contributed by atoms with E-state index < -0.39 is 24.0 Å². The van der Waals surface area contributed by atoms with Gasteiger partial charge >= 0.3 is 12.1 Å². The summed E-state index contributed by atoms with van der Waals surface area (Å²) < 4.78 is 10.5. The van der Waals surface area contributed by atoms with Gasteiger partial charge in [0.1, 0.15) is 12.6 Å². The molecule has 3 aromatic carbocycles. The van der Waals surface area contributed by atoms with Crippen molar-refractivity contribution in [1.82, 2.24) is 5.32 Å². The van der Waals surface area contributed by atoms with Gasteiger partial charge in [-0.1, -0.05) is 60.7 Å². The van der Waals surface area contributed by atoms with Crippen LogP contribution in [-0.4, -0.2) is 49.4 Å². The first-order valence-electron chi connectivity index (χ1n) is 11.2. The van der Waals surface area contributed by atoms with Gasteiger partial charge in [0.05, 0.1) is 11.3 Å². The monoisotopic (exact) mass is 474 g/mol. The van der Waals surface area contributed by atoms with Gasteiger partial charge in [-0.2, -0.15) is 0 Å². The summed E-state index contributed by atoms with van der Waals surface area (Å²) in [4.78, 5) is 36.9. The lowest BCUT2D eigenvalue weighted by Crippen LogP contribution is -2.41. The van der Waals surface area contributed by atoms with Crippen molar-refractivity contribution in [3.05, 3.63) is 89.5 Å². The van der Waals surface area contributed by atoms with Gasteiger partial charge in [-0.25, -0.2) is 9.59 Å². The molecule has 0 heterocycles. The van der Waals surface area contributed by atoms with Gasteiger partial charge < -0.3 is 19.9 Å². The van der Waals surface area contributed by atoms with Gasteiger partial charge in [0.15, 0.2) is 0 Å². The Bertz CT molecular complexity index is 1200. The van der Waals surface area contributed by atoms with Crippen LogP contribution in [0.3, 0.4) is 0 Å². The van der Waals surface area contributed by atoms with Crippen LogP contribution in [-0.2, 0) is 14.3 Å². The molecule has 0 bridgehead atoms. The standard InChI is InChI=1S/C27H26N2O6/c1-34-15-14-24(26(31)32)28-25(30)21-12-6-7-13-23(21)29-27(33)35-16-22-19-10-4-2-8-17(19)18-9-3-5-11-20(18)22/h2-13,22,24H,14-16H2,1H3,(H,28,30)(H,29,33)(H,31,32). The molecule has 35 heavy (non-hydrogen) atoms. The highest BCUT2D eigenvalue weighted by Crippen LogP contribution is 2.44. The summed E-state index contributed by atoms with van der Waals surface area (Å²) in [6, 6.07) is 21.3. The van der Waals surface area contributed by atoms with Crippen molar-refractivity contribution in [2.45, 2.75) is 18.4 Å². The Balaban J connectivity index is 1.43. The number of carboxylic acids is 1. The van der Waals surface area contributed by atoms with E-state index in [1.807, 2.05) is 36.4 Å². The van der Waals surface area contributed by atoms with Gasteiger partial charge in [-0.3, -0.25) is 10.1 Å². The van der Waals surface area contributed by atoms with Crippen LogP contribution in [0.2, 0.25) is 0 Å². The van der Waals surface area contributed by atoms with Crippen molar-refractivity contribution in [3.63, 3.8) is 0 Å². The maximum atomic E-state index is 12.8. The van der Waals surface area contributed by atoms with Crippen molar-refractivity contribution in [3.8, 4) is 11.1 Å². The highest BCUT2D eigenvalue weighted by Gasteiger charge is 2.29. The molecule has 3 N–H and O–H groups in total.